The summed E-state index contributed by atoms with van der Waals surface area (Å²) in [6, 6.07) is 11.6. The van der Waals surface area contributed by atoms with Gasteiger partial charge in [0.15, 0.2) is 11.4 Å². The third kappa shape index (κ3) is 5.27. The smallest absolute Gasteiger partial charge is 0.370 e. The topological polar surface area (TPSA) is 114 Å². The van der Waals surface area contributed by atoms with Gasteiger partial charge in [0, 0.05) is 61.7 Å². The number of hydrogen-bond donors (Lipinski definition) is 3. The van der Waals surface area contributed by atoms with Crippen LogP contribution in [0.5, 0.6) is 0 Å². The standard InChI is InChI=1S/C31H30ClFN6O3S/c1-35-30(40)27-22-12-21(25(37(2)43-3)13-26(22)42-28(27)17-6-8-20(33)9-7-17)18-5-4-10-38(14-18)31(41)24-16-39-15-19(32)11-23(34)29(39)36-24/h6-9,11-13,15-16,18H,4-5,10,14,34H2,1-3H3,(H,35,40)/p+1/t18-/m0/s1. The van der Waals surface area contributed by atoms with Crippen molar-refractivity contribution >= 4 is 63.3 Å². The number of carbonyl (C=O) groups excluding carboxylic acids is 1. The van der Waals surface area contributed by atoms with Gasteiger partial charge in [-0.25, -0.2) is 14.4 Å². The molecule has 12 heteroatoms. The zero-order valence-electron chi connectivity index (χ0n) is 23.9. The fraction of sp³-hybridized carbons (Fsp3) is 0.258. The molecule has 0 saturated carbocycles. The predicted molar refractivity (Wildman–Crippen MR) is 170 cm³/mol. The molecule has 6 rings (SSSR count). The molecule has 1 atom stereocenters. The molecule has 0 bridgehead atoms. The second-order valence-electron chi connectivity index (χ2n) is 10.6. The van der Waals surface area contributed by atoms with Gasteiger partial charge in [-0.05, 0) is 54.8 Å². The van der Waals surface area contributed by atoms with E-state index in [9.17, 15) is 14.3 Å². The van der Waals surface area contributed by atoms with E-state index in [0.717, 1.165) is 29.5 Å². The maximum atomic E-state index is 13.7. The number of aliphatic hydroxyl groups is 1. The summed E-state index contributed by atoms with van der Waals surface area (Å²) in [6.45, 7) is 1.10. The lowest BCUT2D eigenvalue weighted by Crippen LogP contribution is -2.68. The summed E-state index contributed by atoms with van der Waals surface area (Å²) in [5.74, 6) is -0.141. The number of likely N-dealkylation sites (tertiary alicyclic amines) is 1. The lowest BCUT2D eigenvalue weighted by Gasteiger charge is -2.34. The van der Waals surface area contributed by atoms with Crippen molar-refractivity contribution in [2.45, 2.75) is 18.8 Å². The van der Waals surface area contributed by atoms with Gasteiger partial charge in [0.05, 0.1) is 16.4 Å². The number of pyridine rings is 1. The Morgan fingerprint density at radius 1 is 1.26 bits per heavy atom. The van der Waals surface area contributed by atoms with Crippen LogP contribution in [0.4, 0.5) is 15.8 Å². The molecule has 1 saturated heterocycles. The third-order valence-corrected chi connectivity index (χ3v) is 8.90. The van der Waals surface area contributed by atoms with Crippen LogP contribution in [0.3, 0.4) is 0 Å². The number of hydrogen-bond acceptors (Lipinski definition) is 6. The molecule has 222 valence electrons. The van der Waals surface area contributed by atoms with Gasteiger partial charge in [0.25, 0.3) is 5.91 Å². The normalized spacial score (nSPS) is 15.9. The summed E-state index contributed by atoms with van der Waals surface area (Å²) in [7, 11) is 3.61. The number of anilines is 2. The van der Waals surface area contributed by atoms with Crippen LogP contribution in [0, 0.1) is 5.82 Å². The molecule has 0 unspecified atom stereocenters. The second kappa shape index (κ2) is 11.5. The Kier molecular flexibility index (Phi) is 7.70. The van der Waals surface area contributed by atoms with Crippen molar-refractivity contribution in [3.05, 3.63) is 82.5 Å². The van der Waals surface area contributed by atoms with E-state index in [1.54, 1.807) is 54.0 Å². The van der Waals surface area contributed by atoms with E-state index in [4.69, 9.17) is 21.8 Å². The number of carbonyl (C=O) groups is 1. The van der Waals surface area contributed by atoms with Crippen LogP contribution in [0.15, 0.2) is 59.3 Å². The lowest BCUT2D eigenvalue weighted by atomic mass is 9.88. The van der Waals surface area contributed by atoms with Crippen LogP contribution in [0.2, 0.25) is 5.02 Å². The second-order valence-corrected chi connectivity index (χ2v) is 11.9. The average molecular weight is 622 g/mol. The summed E-state index contributed by atoms with van der Waals surface area (Å²) in [6.07, 6.45) is 7.01. The first kappa shape index (κ1) is 28.9. The van der Waals surface area contributed by atoms with Crippen LogP contribution in [0.1, 0.15) is 40.4 Å². The van der Waals surface area contributed by atoms with Crippen LogP contribution >= 0.6 is 23.5 Å². The van der Waals surface area contributed by atoms with Gasteiger partial charge in [0.2, 0.25) is 0 Å². The fourth-order valence-corrected chi connectivity index (χ4v) is 6.36. The molecule has 0 aliphatic carbocycles. The van der Waals surface area contributed by atoms with Gasteiger partial charge in [-0.3, -0.25) is 4.79 Å². The zero-order chi connectivity index (χ0) is 30.4. The number of amides is 1. The molecule has 5 aromatic rings. The highest BCUT2D eigenvalue weighted by atomic mass is 35.5. The Balaban J connectivity index is 1.42. The molecule has 0 radical (unpaired) electrons. The molecule has 4 heterocycles. The Labute approximate surface area is 256 Å². The molecule has 9 nitrogen and oxygen atoms in total. The molecule has 4 N–H and O–H groups in total. The van der Waals surface area contributed by atoms with Crippen molar-refractivity contribution in [3.8, 4) is 11.3 Å². The van der Waals surface area contributed by atoms with Crippen molar-refractivity contribution in [2.75, 3.05) is 43.5 Å². The molecule has 2 aromatic carbocycles. The lowest BCUT2D eigenvalue weighted by molar-refractivity contribution is -0.429. The van der Waals surface area contributed by atoms with Crippen molar-refractivity contribution in [3.63, 3.8) is 0 Å². The largest absolute Gasteiger partial charge is 0.460 e. The minimum Gasteiger partial charge on any atom is -0.460 e. The van der Waals surface area contributed by atoms with E-state index < -0.39 is 0 Å². The minimum absolute atomic E-state index is 0.0111. The van der Waals surface area contributed by atoms with Gasteiger partial charge >= 0.3 is 5.90 Å². The molecular weight excluding hydrogens is 591 g/mol. The number of imidazole rings is 1. The number of nitrogens with two attached hydrogens (primary N) is 1. The molecule has 1 amide bonds. The molecule has 3 aromatic heterocycles. The van der Waals surface area contributed by atoms with E-state index in [1.807, 2.05) is 30.3 Å². The van der Waals surface area contributed by atoms with Gasteiger partial charge in [-0.15, -0.1) is 0 Å². The minimum atomic E-state index is -0.360. The number of piperidine rings is 1. The van der Waals surface area contributed by atoms with Crippen molar-refractivity contribution in [2.24, 2.45) is 0 Å². The zero-order valence-corrected chi connectivity index (χ0v) is 25.5. The summed E-state index contributed by atoms with van der Waals surface area (Å²) in [5.41, 5.74) is 11.0. The van der Waals surface area contributed by atoms with E-state index in [0.29, 0.717) is 57.6 Å². The predicted octanol–water partition coefficient (Wildman–Crippen LogP) is 4.87. The number of nitrogen functional groups attached to an aromatic ring is 1. The summed E-state index contributed by atoms with van der Waals surface area (Å²) < 4.78 is 23.8. The first-order valence-corrected chi connectivity index (χ1v) is 15.4. The number of furan rings is 1. The van der Waals surface area contributed by atoms with Gasteiger partial charge in [-0.1, -0.05) is 23.5 Å². The number of aliphatic hydroxyl groups excluding tert-OH is 1. The Morgan fingerprint density at radius 2 is 2.02 bits per heavy atom. The van der Waals surface area contributed by atoms with E-state index in [1.165, 1.54) is 12.1 Å². The third-order valence-electron chi connectivity index (χ3n) is 7.94. The van der Waals surface area contributed by atoms with Crippen LogP contribution in [-0.4, -0.2) is 64.6 Å². The Hall–Kier alpha value is -4.22. The van der Waals surface area contributed by atoms with Crippen LogP contribution in [-0.2, 0) is 0 Å². The first-order chi connectivity index (χ1) is 20.7. The molecule has 1 aliphatic heterocycles. The van der Waals surface area contributed by atoms with Gasteiger partial charge < -0.3 is 28.9 Å². The van der Waals surface area contributed by atoms with Crippen molar-refractivity contribution in [1.29, 1.82) is 0 Å². The number of benzene rings is 2. The average Bonchev–Trinajstić information content (AvgIpc) is 3.61. The highest BCUT2D eigenvalue weighted by Crippen LogP contribution is 2.42. The number of fused-ring (bicyclic) bond motifs is 2. The van der Waals surface area contributed by atoms with Crippen LogP contribution < -0.4 is 15.0 Å². The van der Waals surface area contributed by atoms with E-state index in [2.05, 4.69) is 14.3 Å². The summed E-state index contributed by atoms with van der Waals surface area (Å²) in [4.78, 5) is 22.8. The molecule has 1 aliphatic rings. The first-order valence-electron chi connectivity index (χ1n) is 13.8. The quantitative estimate of drug-likeness (QED) is 0.141. The van der Waals surface area contributed by atoms with Crippen molar-refractivity contribution in [1.82, 2.24) is 14.3 Å². The number of halogens is 2. The number of nitrogens with one attached hydrogen (secondary N) is 1. The SMILES string of the molecule is C[NH+]=C(O)c1c(-c2ccc(F)cc2)oc2cc(N(C)SC)c([C@H]3CCCN(C(=O)c4cn5cc(Cl)cc(N)c5n4)C3)cc12. The summed E-state index contributed by atoms with van der Waals surface area (Å²) >= 11 is 7.71. The Bertz CT molecular complexity index is 1890. The molecule has 1 fully saturated rings. The maximum Gasteiger partial charge on any atom is 0.370 e. The number of rotatable bonds is 6. The molecular formula is C31H31ClFN6O3S+. The number of aromatic nitrogens is 2. The van der Waals surface area contributed by atoms with Gasteiger partial charge in [-0.2, -0.15) is 0 Å². The fourth-order valence-electron chi connectivity index (χ4n) is 5.78. The number of nitrogens with zero attached hydrogens (tertiary/aromatic N) is 4. The highest BCUT2D eigenvalue weighted by molar-refractivity contribution is 7.99. The van der Waals surface area contributed by atoms with E-state index >= 15 is 0 Å². The van der Waals surface area contributed by atoms with Gasteiger partial charge in [0.1, 0.15) is 29.7 Å². The van der Waals surface area contributed by atoms with Crippen molar-refractivity contribution < 1.29 is 23.7 Å². The van der Waals surface area contributed by atoms with E-state index in [-0.39, 0.29) is 23.5 Å². The highest BCUT2D eigenvalue weighted by Gasteiger charge is 2.31. The monoisotopic (exact) mass is 621 g/mol. The molecule has 43 heavy (non-hydrogen) atoms. The molecule has 0 spiro atoms. The Morgan fingerprint density at radius 3 is 2.74 bits per heavy atom. The van der Waals surface area contributed by atoms with Crippen LogP contribution in [0.25, 0.3) is 27.9 Å². The summed E-state index contributed by atoms with van der Waals surface area (Å²) in [5, 5.41) is 12.1. The maximum absolute atomic E-state index is 13.7.